The fourth-order valence-corrected chi connectivity index (χ4v) is 4.16. The maximum Gasteiger partial charge on any atom is 0.266 e. The van der Waals surface area contributed by atoms with Crippen molar-refractivity contribution >= 4 is 28.4 Å². The zero-order chi connectivity index (χ0) is 26.4. The highest BCUT2D eigenvalue weighted by atomic mass is 16.5. The number of rotatable bonds is 8. The van der Waals surface area contributed by atoms with Crippen LogP contribution in [0.15, 0.2) is 78.4 Å². The molecule has 0 aliphatic heterocycles. The fraction of sp³-hybridized carbons (Fsp3) is 0.188. The Morgan fingerprint density at radius 3 is 2.49 bits per heavy atom. The van der Waals surface area contributed by atoms with Gasteiger partial charge in [-0.3, -0.25) is 4.79 Å². The van der Waals surface area contributed by atoms with E-state index in [0.717, 1.165) is 27.6 Å². The van der Waals surface area contributed by atoms with Gasteiger partial charge < -0.3 is 14.8 Å². The van der Waals surface area contributed by atoms with Crippen molar-refractivity contribution in [3.63, 3.8) is 0 Å². The first-order valence-electron chi connectivity index (χ1n) is 12.3. The lowest BCUT2D eigenvalue weighted by Gasteiger charge is -2.15. The van der Waals surface area contributed by atoms with E-state index >= 15 is 0 Å². The molecule has 186 valence electrons. The topological polar surface area (TPSA) is 71.3 Å². The molecule has 4 aromatic rings. The second kappa shape index (κ2) is 11.5. The highest BCUT2D eigenvalue weighted by Gasteiger charge is 2.13. The number of nitriles is 1. The average molecular weight is 491 g/mol. The van der Waals surface area contributed by atoms with Crippen LogP contribution < -0.4 is 14.8 Å². The molecule has 0 aliphatic rings. The number of hydrogen-bond donors (Lipinski definition) is 1. The van der Waals surface area contributed by atoms with Crippen molar-refractivity contribution in [1.82, 2.24) is 0 Å². The molecule has 0 fully saturated rings. The maximum atomic E-state index is 12.8. The molecule has 4 rings (SSSR count). The van der Waals surface area contributed by atoms with E-state index in [0.29, 0.717) is 36.0 Å². The van der Waals surface area contributed by atoms with E-state index in [-0.39, 0.29) is 5.57 Å². The average Bonchev–Trinajstić information content (AvgIpc) is 2.89. The van der Waals surface area contributed by atoms with Crippen LogP contribution in [0.5, 0.6) is 11.5 Å². The number of benzene rings is 4. The van der Waals surface area contributed by atoms with E-state index in [1.165, 1.54) is 5.39 Å². The Morgan fingerprint density at radius 2 is 1.70 bits per heavy atom. The predicted octanol–water partition coefficient (Wildman–Crippen LogP) is 7.29. The SMILES string of the molecule is CCOc1cc(/C=C(\C#N)C(=O)Nc2cc(C)ccc2C)ccc1OCc1c(C)ccc2ccccc12. The number of amides is 1. The van der Waals surface area contributed by atoms with Gasteiger partial charge >= 0.3 is 0 Å². The van der Waals surface area contributed by atoms with Gasteiger partial charge in [-0.1, -0.05) is 54.6 Å². The van der Waals surface area contributed by atoms with Crippen LogP contribution in [0.1, 0.15) is 34.7 Å². The van der Waals surface area contributed by atoms with Crippen LogP contribution in [-0.4, -0.2) is 12.5 Å². The molecule has 0 heterocycles. The molecule has 5 nitrogen and oxygen atoms in total. The van der Waals surface area contributed by atoms with E-state index < -0.39 is 5.91 Å². The number of fused-ring (bicyclic) bond motifs is 1. The summed E-state index contributed by atoms with van der Waals surface area (Å²) in [7, 11) is 0. The number of aryl methyl sites for hydroxylation is 3. The molecule has 0 aliphatic carbocycles. The van der Waals surface area contributed by atoms with Gasteiger partial charge in [-0.2, -0.15) is 5.26 Å². The number of nitrogens with zero attached hydrogens (tertiary/aromatic N) is 1. The van der Waals surface area contributed by atoms with Crippen molar-refractivity contribution < 1.29 is 14.3 Å². The van der Waals surface area contributed by atoms with Crippen molar-refractivity contribution in [1.29, 1.82) is 5.26 Å². The normalized spacial score (nSPS) is 11.2. The van der Waals surface area contributed by atoms with Crippen molar-refractivity contribution in [3.05, 3.63) is 106 Å². The molecule has 0 saturated carbocycles. The third-order valence-corrected chi connectivity index (χ3v) is 6.23. The summed E-state index contributed by atoms with van der Waals surface area (Å²) in [5, 5.41) is 14.8. The lowest BCUT2D eigenvalue weighted by Crippen LogP contribution is -2.14. The molecule has 0 bridgehead atoms. The second-order valence-corrected chi connectivity index (χ2v) is 8.95. The van der Waals surface area contributed by atoms with E-state index in [1.54, 1.807) is 12.1 Å². The van der Waals surface area contributed by atoms with Crippen molar-refractivity contribution in [2.75, 3.05) is 11.9 Å². The van der Waals surface area contributed by atoms with Gasteiger partial charge in [-0.05, 0) is 85.0 Å². The van der Waals surface area contributed by atoms with Crippen LogP contribution in [0, 0.1) is 32.1 Å². The number of nitrogens with one attached hydrogen (secondary N) is 1. The molecular formula is C32H30N2O3. The van der Waals surface area contributed by atoms with Crippen LogP contribution in [0.2, 0.25) is 0 Å². The Labute approximate surface area is 218 Å². The summed E-state index contributed by atoms with van der Waals surface area (Å²) in [4.78, 5) is 12.8. The first-order valence-corrected chi connectivity index (χ1v) is 12.3. The van der Waals surface area contributed by atoms with Gasteiger partial charge in [0.2, 0.25) is 0 Å². The molecule has 0 aromatic heterocycles. The quantitative estimate of drug-likeness (QED) is 0.208. The standard InChI is InChI=1S/C32H30N2O3/c1-5-36-31-18-24(17-26(19-33)32(35)34-29-16-21(2)10-11-23(29)4)13-15-30(31)37-20-28-22(3)12-14-25-8-6-7-9-27(25)28/h6-18H,5,20H2,1-4H3,(H,34,35)/b26-17+. The zero-order valence-electron chi connectivity index (χ0n) is 21.6. The van der Waals surface area contributed by atoms with E-state index in [9.17, 15) is 10.1 Å². The highest BCUT2D eigenvalue weighted by Crippen LogP contribution is 2.32. The van der Waals surface area contributed by atoms with Gasteiger partial charge in [-0.15, -0.1) is 0 Å². The van der Waals surface area contributed by atoms with Gasteiger partial charge in [0, 0.05) is 11.3 Å². The van der Waals surface area contributed by atoms with Crippen LogP contribution in [-0.2, 0) is 11.4 Å². The fourth-order valence-electron chi connectivity index (χ4n) is 4.16. The molecule has 0 atom stereocenters. The van der Waals surface area contributed by atoms with E-state index in [2.05, 4.69) is 36.5 Å². The number of anilines is 1. The van der Waals surface area contributed by atoms with Gasteiger partial charge in [0.25, 0.3) is 5.91 Å². The minimum atomic E-state index is -0.457. The van der Waals surface area contributed by atoms with Crippen LogP contribution in [0.25, 0.3) is 16.8 Å². The number of carbonyl (C=O) groups is 1. The molecule has 0 unspecified atom stereocenters. The first-order chi connectivity index (χ1) is 17.9. The van der Waals surface area contributed by atoms with E-state index in [1.807, 2.05) is 69.3 Å². The number of hydrogen-bond acceptors (Lipinski definition) is 4. The second-order valence-electron chi connectivity index (χ2n) is 8.95. The van der Waals surface area contributed by atoms with Gasteiger partial charge in [0.15, 0.2) is 11.5 Å². The molecule has 0 saturated heterocycles. The Bertz CT molecular complexity index is 1530. The summed E-state index contributed by atoms with van der Waals surface area (Å²) in [6, 6.07) is 25.7. The zero-order valence-corrected chi connectivity index (χ0v) is 21.6. The molecule has 0 spiro atoms. The Hall–Kier alpha value is -4.56. The van der Waals surface area contributed by atoms with Crippen molar-refractivity contribution in [3.8, 4) is 17.6 Å². The maximum absolute atomic E-state index is 12.8. The van der Waals surface area contributed by atoms with Gasteiger partial charge in [-0.25, -0.2) is 0 Å². The monoisotopic (exact) mass is 490 g/mol. The Morgan fingerprint density at radius 1 is 0.919 bits per heavy atom. The van der Waals surface area contributed by atoms with Crippen LogP contribution in [0.3, 0.4) is 0 Å². The van der Waals surface area contributed by atoms with Crippen molar-refractivity contribution in [2.45, 2.75) is 34.3 Å². The van der Waals surface area contributed by atoms with Gasteiger partial charge in [0.05, 0.1) is 6.61 Å². The molecule has 1 N–H and O–H groups in total. The summed E-state index contributed by atoms with van der Waals surface area (Å²) in [5.41, 5.74) is 5.60. The minimum absolute atomic E-state index is 0.00315. The predicted molar refractivity (Wildman–Crippen MR) is 149 cm³/mol. The lowest BCUT2D eigenvalue weighted by molar-refractivity contribution is -0.112. The highest BCUT2D eigenvalue weighted by molar-refractivity contribution is 6.10. The molecule has 1 amide bonds. The molecular weight excluding hydrogens is 460 g/mol. The number of carbonyl (C=O) groups excluding carboxylic acids is 1. The largest absolute Gasteiger partial charge is 0.490 e. The third-order valence-electron chi connectivity index (χ3n) is 6.23. The molecule has 37 heavy (non-hydrogen) atoms. The summed E-state index contributed by atoms with van der Waals surface area (Å²) in [5.74, 6) is 0.701. The Balaban J connectivity index is 1.57. The lowest BCUT2D eigenvalue weighted by atomic mass is 10.0. The van der Waals surface area contributed by atoms with E-state index in [4.69, 9.17) is 9.47 Å². The van der Waals surface area contributed by atoms with Crippen molar-refractivity contribution in [2.24, 2.45) is 0 Å². The van der Waals surface area contributed by atoms with Crippen LogP contribution >= 0.6 is 0 Å². The third kappa shape index (κ3) is 5.99. The smallest absolute Gasteiger partial charge is 0.266 e. The van der Waals surface area contributed by atoms with Gasteiger partial charge in [0.1, 0.15) is 18.2 Å². The number of ether oxygens (including phenoxy) is 2. The summed E-state index contributed by atoms with van der Waals surface area (Å²) in [6.45, 7) is 8.70. The summed E-state index contributed by atoms with van der Waals surface area (Å²) in [6.07, 6.45) is 1.56. The molecule has 0 radical (unpaired) electrons. The minimum Gasteiger partial charge on any atom is -0.490 e. The first kappa shape index (κ1) is 25.5. The molecule has 5 heteroatoms. The van der Waals surface area contributed by atoms with Crippen LogP contribution in [0.4, 0.5) is 5.69 Å². The summed E-state index contributed by atoms with van der Waals surface area (Å²) < 4.78 is 12.1. The Kier molecular flexibility index (Phi) is 7.90. The summed E-state index contributed by atoms with van der Waals surface area (Å²) >= 11 is 0. The molecule has 4 aromatic carbocycles.